The van der Waals surface area contributed by atoms with Gasteiger partial charge in [0.1, 0.15) is 12.3 Å². The highest BCUT2D eigenvalue weighted by Gasteiger charge is 2.14. The molecule has 6 heteroatoms. The van der Waals surface area contributed by atoms with Gasteiger partial charge in [-0.3, -0.25) is 9.59 Å². The van der Waals surface area contributed by atoms with Crippen LogP contribution < -0.4 is 15.6 Å². The van der Waals surface area contributed by atoms with Crippen LogP contribution in [0.15, 0.2) is 35.1 Å². The molecule has 6 nitrogen and oxygen atoms in total. The average Bonchev–Trinajstić information content (AvgIpc) is 2.61. The number of rotatable bonds is 5. The van der Waals surface area contributed by atoms with Crippen LogP contribution in [0.25, 0.3) is 0 Å². The Labute approximate surface area is 140 Å². The lowest BCUT2D eigenvalue weighted by molar-refractivity contribution is -0.122. The Morgan fingerprint density at radius 2 is 2.08 bits per heavy atom. The molecule has 0 bridgehead atoms. The minimum Gasteiger partial charge on any atom is -0.496 e. The molecule has 0 saturated heterocycles. The monoisotopic (exact) mass is 327 g/mol. The molecule has 1 N–H and O–H groups in total. The lowest BCUT2D eigenvalue weighted by Gasteiger charge is -2.16. The number of para-hydroxylation sites is 1. The lowest BCUT2D eigenvalue weighted by atomic mass is 9.97. The third-order valence-corrected chi connectivity index (χ3v) is 4.24. The number of hydrogen-bond donors (Lipinski definition) is 1. The predicted octanol–water partition coefficient (Wildman–Crippen LogP) is 1.45. The van der Waals surface area contributed by atoms with E-state index in [-0.39, 0.29) is 18.0 Å². The third-order valence-electron chi connectivity index (χ3n) is 4.24. The number of amides is 1. The normalized spacial score (nSPS) is 13.2. The van der Waals surface area contributed by atoms with Crippen molar-refractivity contribution in [3.05, 3.63) is 57.5 Å². The Morgan fingerprint density at radius 3 is 2.92 bits per heavy atom. The maximum atomic E-state index is 12.2. The van der Waals surface area contributed by atoms with Gasteiger partial charge in [0.2, 0.25) is 5.91 Å². The van der Waals surface area contributed by atoms with Crippen molar-refractivity contribution in [2.24, 2.45) is 0 Å². The topological polar surface area (TPSA) is 73.2 Å². The fraction of sp³-hybridized carbons (Fsp3) is 0.389. The second-order valence-corrected chi connectivity index (χ2v) is 5.91. The number of benzene rings is 1. The molecule has 0 aliphatic heterocycles. The van der Waals surface area contributed by atoms with Crippen LogP contribution in [0.5, 0.6) is 5.75 Å². The van der Waals surface area contributed by atoms with Crippen LogP contribution >= 0.6 is 0 Å². The summed E-state index contributed by atoms with van der Waals surface area (Å²) in [6.07, 6.45) is 3.95. The molecule has 1 aromatic carbocycles. The molecule has 0 unspecified atom stereocenters. The van der Waals surface area contributed by atoms with E-state index in [4.69, 9.17) is 4.74 Å². The fourth-order valence-electron chi connectivity index (χ4n) is 2.95. The molecular formula is C18H21N3O3. The van der Waals surface area contributed by atoms with Gasteiger partial charge in [-0.25, -0.2) is 4.68 Å². The van der Waals surface area contributed by atoms with E-state index in [9.17, 15) is 9.59 Å². The highest BCUT2D eigenvalue weighted by atomic mass is 16.5. The molecule has 0 fully saturated rings. The number of methoxy groups -OCH3 is 1. The quantitative estimate of drug-likeness (QED) is 0.902. The molecular weight excluding hydrogens is 306 g/mol. The van der Waals surface area contributed by atoms with Crippen LogP contribution in [0.1, 0.15) is 29.7 Å². The van der Waals surface area contributed by atoms with Crippen LogP contribution in [0.2, 0.25) is 0 Å². The van der Waals surface area contributed by atoms with Gasteiger partial charge in [-0.15, -0.1) is 0 Å². The van der Waals surface area contributed by atoms with Crippen LogP contribution in [0.4, 0.5) is 0 Å². The molecule has 0 atom stereocenters. The zero-order valence-electron chi connectivity index (χ0n) is 13.7. The van der Waals surface area contributed by atoms with Crippen molar-refractivity contribution in [2.75, 3.05) is 7.11 Å². The first-order valence-corrected chi connectivity index (χ1v) is 8.16. The number of aromatic nitrogens is 2. The summed E-state index contributed by atoms with van der Waals surface area (Å²) < 4.78 is 6.51. The summed E-state index contributed by atoms with van der Waals surface area (Å²) in [5.41, 5.74) is 2.64. The summed E-state index contributed by atoms with van der Waals surface area (Å²) in [7, 11) is 1.59. The average molecular weight is 327 g/mol. The Bertz CT molecular complexity index is 798. The second kappa shape index (κ2) is 7.29. The molecule has 1 aliphatic carbocycles. The lowest BCUT2D eigenvalue weighted by Crippen LogP contribution is -2.34. The van der Waals surface area contributed by atoms with Gasteiger partial charge in [-0.1, -0.05) is 18.2 Å². The van der Waals surface area contributed by atoms with Crippen molar-refractivity contribution in [1.82, 2.24) is 15.1 Å². The Morgan fingerprint density at radius 1 is 1.29 bits per heavy atom. The van der Waals surface area contributed by atoms with Gasteiger partial charge in [0.05, 0.1) is 12.8 Å². The SMILES string of the molecule is COc1ccccc1CNC(=O)Cn1nc2c(cc1=O)CCCC2. The number of carbonyl (C=O) groups is 1. The van der Waals surface area contributed by atoms with Crippen molar-refractivity contribution in [1.29, 1.82) is 0 Å². The fourth-order valence-corrected chi connectivity index (χ4v) is 2.95. The van der Waals surface area contributed by atoms with Gasteiger partial charge < -0.3 is 10.1 Å². The molecule has 24 heavy (non-hydrogen) atoms. The standard InChI is InChI=1S/C18H21N3O3/c1-24-16-9-5-3-7-14(16)11-19-17(22)12-21-18(23)10-13-6-2-4-8-15(13)20-21/h3,5,7,9-10H,2,4,6,8,11-12H2,1H3,(H,19,22). The van der Waals surface area contributed by atoms with Crippen LogP contribution in [-0.2, 0) is 30.7 Å². The highest BCUT2D eigenvalue weighted by Crippen LogP contribution is 2.17. The minimum absolute atomic E-state index is 0.0682. The Hall–Kier alpha value is -2.63. The van der Waals surface area contributed by atoms with Gasteiger partial charge in [0.15, 0.2) is 0 Å². The highest BCUT2D eigenvalue weighted by molar-refractivity contribution is 5.75. The molecule has 0 saturated carbocycles. The second-order valence-electron chi connectivity index (χ2n) is 5.91. The molecule has 3 rings (SSSR count). The van der Waals surface area contributed by atoms with E-state index >= 15 is 0 Å². The zero-order chi connectivity index (χ0) is 16.9. The molecule has 1 heterocycles. The maximum absolute atomic E-state index is 12.2. The summed E-state index contributed by atoms with van der Waals surface area (Å²) >= 11 is 0. The van der Waals surface area contributed by atoms with Crippen molar-refractivity contribution >= 4 is 5.91 Å². The summed E-state index contributed by atoms with van der Waals surface area (Å²) in [4.78, 5) is 24.3. The first kappa shape index (κ1) is 16.2. The van der Waals surface area contributed by atoms with E-state index in [1.165, 1.54) is 4.68 Å². The van der Waals surface area contributed by atoms with Crippen LogP contribution in [0.3, 0.4) is 0 Å². The molecule has 1 aliphatic rings. The van der Waals surface area contributed by atoms with Gasteiger partial charge in [-0.2, -0.15) is 5.10 Å². The van der Waals surface area contributed by atoms with E-state index in [1.807, 2.05) is 24.3 Å². The van der Waals surface area contributed by atoms with Gasteiger partial charge >= 0.3 is 0 Å². The summed E-state index contributed by atoms with van der Waals surface area (Å²) in [5, 5.41) is 7.17. The molecule has 1 amide bonds. The zero-order valence-corrected chi connectivity index (χ0v) is 13.7. The third kappa shape index (κ3) is 3.64. The number of fused-ring (bicyclic) bond motifs is 1. The minimum atomic E-state index is -0.244. The Balaban J connectivity index is 1.66. The van der Waals surface area contributed by atoms with Gasteiger partial charge in [-0.05, 0) is 37.3 Å². The number of hydrogen-bond acceptors (Lipinski definition) is 4. The van der Waals surface area contributed by atoms with Crippen molar-refractivity contribution in [3.63, 3.8) is 0 Å². The maximum Gasteiger partial charge on any atom is 0.267 e. The number of nitrogens with zero attached hydrogens (tertiary/aromatic N) is 2. The largest absolute Gasteiger partial charge is 0.496 e. The van der Waals surface area contributed by atoms with Gasteiger partial charge in [0.25, 0.3) is 5.56 Å². The molecule has 2 aromatic rings. The summed E-state index contributed by atoms with van der Waals surface area (Å²) in [5.74, 6) is 0.480. The number of aryl methyl sites for hydroxylation is 2. The number of carbonyl (C=O) groups excluding carboxylic acids is 1. The van der Waals surface area contributed by atoms with Crippen LogP contribution in [0, 0.1) is 0 Å². The van der Waals surface area contributed by atoms with Gasteiger partial charge in [0, 0.05) is 18.2 Å². The Kier molecular flexibility index (Phi) is 4.93. The first-order valence-electron chi connectivity index (χ1n) is 8.16. The van der Waals surface area contributed by atoms with E-state index in [1.54, 1.807) is 13.2 Å². The molecule has 0 radical (unpaired) electrons. The predicted molar refractivity (Wildman–Crippen MR) is 90.0 cm³/mol. The van der Waals surface area contributed by atoms with Crippen molar-refractivity contribution in [3.8, 4) is 5.75 Å². The molecule has 126 valence electrons. The van der Waals surface area contributed by atoms with Crippen LogP contribution in [-0.4, -0.2) is 22.8 Å². The molecule has 1 aromatic heterocycles. The summed E-state index contributed by atoms with van der Waals surface area (Å²) in [6, 6.07) is 9.12. The first-order chi connectivity index (χ1) is 11.7. The smallest absolute Gasteiger partial charge is 0.267 e. The van der Waals surface area contributed by atoms with E-state index < -0.39 is 0 Å². The van der Waals surface area contributed by atoms with Crippen molar-refractivity contribution < 1.29 is 9.53 Å². The number of nitrogens with one attached hydrogen (secondary N) is 1. The summed E-state index contributed by atoms with van der Waals surface area (Å²) in [6.45, 7) is 0.282. The van der Waals surface area contributed by atoms with E-state index in [0.29, 0.717) is 6.54 Å². The van der Waals surface area contributed by atoms with E-state index in [2.05, 4.69) is 10.4 Å². The number of ether oxygens (including phenoxy) is 1. The molecule has 0 spiro atoms. The van der Waals surface area contributed by atoms with Crippen molar-refractivity contribution in [2.45, 2.75) is 38.8 Å². The van der Waals surface area contributed by atoms with E-state index in [0.717, 1.165) is 48.3 Å².